The number of hydrogen-bond acceptors (Lipinski definition) is 12. The van der Waals surface area contributed by atoms with Gasteiger partial charge in [0.15, 0.2) is 6.29 Å². The maximum Gasteiger partial charge on any atom is 0.305 e. The van der Waals surface area contributed by atoms with Crippen molar-refractivity contribution in [2.45, 2.75) is 126 Å². The number of esters is 1. The first-order valence-corrected chi connectivity index (χ1v) is 13.0. The van der Waals surface area contributed by atoms with Gasteiger partial charge in [-0.3, -0.25) is 4.79 Å². The van der Waals surface area contributed by atoms with Crippen molar-refractivity contribution in [1.29, 1.82) is 0 Å². The molecular weight excluding hydrogens is 480 g/mol. The highest BCUT2D eigenvalue weighted by atomic mass is 16.8. The SMILES string of the molecule is CCCCCCCCCCCC(=O)OC[C@H]1O[C@@H](O[C@]2(CO)O[C@H](CO)[C@@H](O)[C@@H]2O)[C@H](O)[C@@H](O)[C@@H]1O. The summed E-state index contributed by atoms with van der Waals surface area (Å²) in [5.74, 6) is -2.76. The van der Waals surface area contributed by atoms with Gasteiger partial charge in [-0.15, -0.1) is 0 Å². The molecule has 2 rings (SSSR count). The number of ether oxygens (including phenoxy) is 4. The number of aliphatic hydroxyl groups is 7. The number of aliphatic hydroxyl groups excluding tert-OH is 7. The smallest absolute Gasteiger partial charge is 0.305 e. The molecule has 0 radical (unpaired) electrons. The molecule has 0 amide bonds. The lowest BCUT2D eigenvalue weighted by Gasteiger charge is -2.43. The molecule has 2 aliphatic heterocycles. The molecule has 2 aliphatic rings. The predicted octanol–water partition coefficient (Wildman–Crippen LogP) is -0.924. The summed E-state index contributed by atoms with van der Waals surface area (Å²) >= 11 is 0. The Morgan fingerprint density at radius 2 is 1.42 bits per heavy atom. The van der Waals surface area contributed by atoms with Crippen LogP contribution < -0.4 is 0 Å². The Kier molecular flexibility index (Phi) is 13.4. The van der Waals surface area contributed by atoms with Crippen LogP contribution in [0.1, 0.15) is 71.1 Å². The van der Waals surface area contributed by atoms with Crippen molar-refractivity contribution in [3.63, 3.8) is 0 Å². The molecule has 12 heteroatoms. The molecule has 36 heavy (non-hydrogen) atoms. The normalized spacial score (nSPS) is 36.8. The molecule has 212 valence electrons. The molecule has 2 saturated heterocycles. The van der Waals surface area contributed by atoms with Crippen LogP contribution in [-0.2, 0) is 23.7 Å². The van der Waals surface area contributed by atoms with Crippen molar-refractivity contribution in [3.05, 3.63) is 0 Å². The fourth-order valence-corrected chi connectivity index (χ4v) is 4.45. The third-order valence-electron chi connectivity index (χ3n) is 6.78. The van der Waals surface area contributed by atoms with Gasteiger partial charge in [-0.25, -0.2) is 0 Å². The van der Waals surface area contributed by atoms with E-state index in [-0.39, 0.29) is 6.42 Å². The summed E-state index contributed by atoms with van der Waals surface area (Å²) in [7, 11) is 0. The molecule has 12 nitrogen and oxygen atoms in total. The molecule has 0 saturated carbocycles. The van der Waals surface area contributed by atoms with Crippen LogP contribution in [0.3, 0.4) is 0 Å². The van der Waals surface area contributed by atoms with Gasteiger partial charge >= 0.3 is 5.97 Å². The molecule has 2 heterocycles. The molecule has 0 aromatic carbocycles. The van der Waals surface area contributed by atoms with E-state index in [1.165, 1.54) is 32.1 Å². The average molecular weight is 525 g/mol. The predicted molar refractivity (Wildman–Crippen MR) is 124 cm³/mol. The van der Waals surface area contributed by atoms with E-state index in [1.807, 2.05) is 0 Å². The second kappa shape index (κ2) is 15.5. The minimum absolute atomic E-state index is 0.192. The zero-order chi connectivity index (χ0) is 26.7. The third-order valence-corrected chi connectivity index (χ3v) is 6.78. The van der Waals surface area contributed by atoms with Crippen LogP contribution in [0, 0.1) is 0 Å². The van der Waals surface area contributed by atoms with Crippen LogP contribution in [0.5, 0.6) is 0 Å². The first-order chi connectivity index (χ1) is 17.2. The van der Waals surface area contributed by atoms with Gasteiger partial charge in [-0.2, -0.15) is 0 Å². The van der Waals surface area contributed by atoms with E-state index in [2.05, 4.69) is 6.92 Å². The summed E-state index contributed by atoms with van der Waals surface area (Å²) in [5.41, 5.74) is 0. The van der Waals surface area contributed by atoms with E-state index in [1.54, 1.807) is 0 Å². The van der Waals surface area contributed by atoms with E-state index < -0.39 is 80.6 Å². The molecule has 0 aliphatic carbocycles. The van der Waals surface area contributed by atoms with Crippen molar-refractivity contribution in [3.8, 4) is 0 Å². The highest BCUT2D eigenvalue weighted by molar-refractivity contribution is 5.69. The Morgan fingerprint density at radius 3 is 1.97 bits per heavy atom. The summed E-state index contributed by atoms with van der Waals surface area (Å²) in [4.78, 5) is 12.1. The summed E-state index contributed by atoms with van der Waals surface area (Å²) in [5, 5.41) is 70.1. The molecule has 7 N–H and O–H groups in total. The van der Waals surface area contributed by atoms with Crippen molar-refractivity contribution in [2.24, 2.45) is 0 Å². The summed E-state index contributed by atoms with van der Waals surface area (Å²) in [6.45, 7) is 0.0841. The van der Waals surface area contributed by atoms with E-state index in [9.17, 15) is 40.5 Å². The number of carbonyl (C=O) groups is 1. The molecule has 2 fully saturated rings. The van der Waals surface area contributed by atoms with E-state index >= 15 is 0 Å². The summed E-state index contributed by atoms with van der Waals surface area (Å²) in [6, 6.07) is 0. The van der Waals surface area contributed by atoms with Crippen LogP contribution in [0.2, 0.25) is 0 Å². The van der Waals surface area contributed by atoms with Gasteiger partial charge in [0.05, 0.1) is 6.61 Å². The standard InChI is InChI=1S/C24H44O12/c1-2-3-4-5-6-7-8-9-10-11-17(27)33-13-16-18(28)20(30)21(31)23(34-16)36-24(14-26)22(32)19(29)15(12-25)35-24/h15-16,18-23,25-26,28-32H,2-14H2,1H3/t15-,16-,18-,19-,20+,21-,22+,23+,24+/m1/s1. The number of rotatable bonds is 16. The van der Waals surface area contributed by atoms with E-state index in [0.29, 0.717) is 6.42 Å². The molecule has 0 aromatic rings. The van der Waals surface area contributed by atoms with E-state index in [0.717, 1.165) is 19.3 Å². The van der Waals surface area contributed by atoms with E-state index in [4.69, 9.17) is 18.9 Å². The zero-order valence-electron chi connectivity index (χ0n) is 21.0. The highest BCUT2D eigenvalue weighted by Gasteiger charge is 2.58. The van der Waals surface area contributed by atoms with Gasteiger partial charge < -0.3 is 54.7 Å². The van der Waals surface area contributed by atoms with Crippen LogP contribution >= 0.6 is 0 Å². The van der Waals surface area contributed by atoms with Crippen LogP contribution in [0.4, 0.5) is 0 Å². The average Bonchev–Trinajstić information content (AvgIpc) is 3.12. The fourth-order valence-electron chi connectivity index (χ4n) is 4.45. The van der Waals surface area contributed by atoms with Gasteiger partial charge in [-0.05, 0) is 6.42 Å². The van der Waals surface area contributed by atoms with Crippen molar-refractivity contribution < 1.29 is 59.5 Å². The lowest BCUT2D eigenvalue weighted by atomic mass is 9.99. The van der Waals surface area contributed by atoms with Crippen LogP contribution in [-0.4, -0.2) is 116 Å². The molecule has 9 atom stereocenters. The molecular formula is C24H44O12. The molecule has 0 bridgehead atoms. The summed E-state index contributed by atoms with van der Waals surface area (Å²) < 4.78 is 21.3. The first-order valence-electron chi connectivity index (χ1n) is 13.0. The van der Waals surface area contributed by atoms with Gasteiger partial charge in [-0.1, -0.05) is 58.3 Å². The molecule has 0 unspecified atom stereocenters. The summed E-state index contributed by atoms with van der Waals surface area (Å²) in [6.07, 6.45) is -2.81. The first kappa shape index (κ1) is 31.3. The second-order valence-corrected chi connectivity index (χ2v) is 9.64. The second-order valence-electron chi connectivity index (χ2n) is 9.64. The third kappa shape index (κ3) is 8.29. The largest absolute Gasteiger partial charge is 0.463 e. The zero-order valence-corrected chi connectivity index (χ0v) is 21.0. The quantitative estimate of drug-likeness (QED) is 0.0970. The lowest BCUT2D eigenvalue weighted by Crippen LogP contribution is -2.62. The van der Waals surface area contributed by atoms with Crippen molar-refractivity contribution in [2.75, 3.05) is 19.8 Å². The minimum Gasteiger partial charge on any atom is -0.463 e. The topological polar surface area (TPSA) is 196 Å². The minimum atomic E-state index is -2.27. The number of unbranched alkanes of at least 4 members (excludes halogenated alkanes) is 8. The van der Waals surface area contributed by atoms with Crippen molar-refractivity contribution >= 4 is 5.97 Å². The lowest BCUT2D eigenvalue weighted by molar-refractivity contribution is -0.383. The van der Waals surface area contributed by atoms with Crippen LogP contribution in [0.15, 0.2) is 0 Å². The Morgan fingerprint density at radius 1 is 0.806 bits per heavy atom. The van der Waals surface area contributed by atoms with Gasteiger partial charge in [0.2, 0.25) is 5.79 Å². The van der Waals surface area contributed by atoms with Crippen molar-refractivity contribution in [1.82, 2.24) is 0 Å². The monoisotopic (exact) mass is 524 g/mol. The molecule has 0 spiro atoms. The Balaban J connectivity index is 1.80. The highest BCUT2D eigenvalue weighted by Crippen LogP contribution is 2.36. The Hall–Kier alpha value is -0.930. The van der Waals surface area contributed by atoms with Gasteiger partial charge in [0.25, 0.3) is 0 Å². The fraction of sp³-hybridized carbons (Fsp3) is 0.958. The number of hydrogen-bond donors (Lipinski definition) is 7. The molecule has 0 aromatic heterocycles. The van der Waals surface area contributed by atoms with Gasteiger partial charge in [0.1, 0.15) is 55.9 Å². The van der Waals surface area contributed by atoms with Crippen LogP contribution in [0.25, 0.3) is 0 Å². The maximum atomic E-state index is 12.1. The number of carbonyl (C=O) groups excluding carboxylic acids is 1. The van der Waals surface area contributed by atoms with Gasteiger partial charge in [0, 0.05) is 6.42 Å². The Labute approximate surface area is 211 Å². The maximum absolute atomic E-state index is 12.1. The Bertz CT molecular complexity index is 636.